The number of hydrogen-bond donors (Lipinski definition) is 0. The Kier molecular flexibility index (Phi) is 4.13. The average molecular weight is 320 g/mol. The summed E-state index contributed by atoms with van der Waals surface area (Å²) in [5.41, 5.74) is 6.33. The summed E-state index contributed by atoms with van der Waals surface area (Å²) in [7, 11) is 2.09. The lowest BCUT2D eigenvalue weighted by Crippen LogP contribution is -2.00. The van der Waals surface area contributed by atoms with E-state index in [0.29, 0.717) is 0 Å². The fraction of sp³-hybridized carbons (Fsp3) is 0. The monoisotopic (exact) mass is 320 g/mol. The SMILES string of the molecule is Bc1ccc(-c2cc(-c3ccccc3)nc(-c3ccccc3)n2)cc1. The topological polar surface area (TPSA) is 25.8 Å². The van der Waals surface area contributed by atoms with Crippen LogP contribution in [0.3, 0.4) is 0 Å². The highest BCUT2D eigenvalue weighted by molar-refractivity contribution is 6.32. The Hall–Kier alpha value is -3.20. The second-order valence-electron chi connectivity index (χ2n) is 6.06. The van der Waals surface area contributed by atoms with Crippen molar-refractivity contribution in [1.29, 1.82) is 0 Å². The first kappa shape index (κ1) is 15.3. The van der Waals surface area contributed by atoms with Crippen LogP contribution in [0.4, 0.5) is 0 Å². The third kappa shape index (κ3) is 3.36. The Morgan fingerprint density at radius 1 is 0.520 bits per heavy atom. The van der Waals surface area contributed by atoms with Gasteiger partial charge in [0.15, 0.2) is 5.82 Å². The molecular formula is C22H17BN2. The van der Waals surface area contributed by atoms with Gasteiger partial charge in [0.25, 0.3) is 0 Å². The van der Waals surface area contributed by atoms with Gasteiger partial charge in [-0.3, -0.25) is 0 Å². The predicted molar refractivity (Wildman–Crippen MR) is 107 cm³/mol. The van der Waals surface area contributed by atoms with Crippen molar-refractivity contribution in [1.82, 2.24) is 9.97 Å². The zero-order valence-corrected chi connectivity index (χ0v) is 14.1. The van der Waals surface area contributed by atoms with Gasteiger partial charge in [0.05, 0.1) is 11.4 Å². The highest BCUT2D eigenvalue weighted by Gasteiger charge is 2.10. The smallest absolute Gasteiger partial charge is 0.160 e. The van der Waals surface area contributed by atoms with Gasteiger partial charge >= 0.3 is 0 Å². The van der Waals surface area contributed by atoms with Crippen molar-refractivity contribution in [2.24, 2.45) is 0 Å². The Labute approximate surface area is 148 Å². The minimum atomic E-state index is 0.748. The zero-order chi connectivity index (χ0) is 17.1. The summed E-state index contributed by atoms with van der Waals surface area (Å²) in [5.74, 6) is 0.748. The molecule has 0 aliphatic carbocycles. The number of benzene rings is 3. The molecule has 0 aliphatic heterocycles. The summed E-state index contributed by atoms with van der Waals surface area (Å²) in [4.78, 5) is 9.62. The Morgan fingerprint density at radius 2 is 1.00 bits per heavy atom. The lowest BCUT2D eigenvalue weighted by Gasteiger charge is -2.09. The van der Waals surface area contributed by atoms with Crippen molar-refractivity contribution in [2.75, 3.05) is 0 Å². The van der Waals surface area contributed by atoms with Crippen LogP contribution in [-0.2, 0) is 0 Å². The average Bonchev–Trinajstić information content (AvgIpc) is 2.69. The molecule has 1 aromatic heterocycles. The van der Waals surface area contributed by atoms with Crippen molar-refractivity contribution in [2.45, 2.75) is 0 Å². The Balaban J connectivity index is 1.90. The van der Waals surface area contributed by atoms with Crippen LogP contribution in [0.1, 0.15) is 0 Å². The zero-order valence-electron chi connectivity index (χ0n) is 14.1. The van der Waals surface area contributed by atoms with Gasteiger partial charge in [-0.1, -0.05) is 90.4 Å². The van der Waals surface area contributed by atoms with Gasteiger partial charge < -0.3 is 0 Å². The molecule has 4 aromatic rings. The molecule has 0 saturated carbocycles. The maximum atomic E-state index is 4.82. The van der Waals surface area contributed by atoms with Crippen LogP contribution >= 0.6 is 0 Å². The molecule has 4 rings (SSSR count). The first-order valence-corrected chi connectivity index (χ1v) is 8.36. The van der Waals surface area contributed by atoms with Crippen molar-refractivity contribution < 1.29 is 0 Å². The maximum Gasteiger partial charge on any atom is 0.160 e. The quantitative estimate of drug-likeness (QED) is 0.538. The van der Waals surface area contributed by atoms with Crippen molar-refractivity contribution in [3.63, 3.8) is 0 Å². The van der Waals surface area contributed by atoms with Crippen LogP contribution in [0.25, 0.3) is 33.9 Å². The van der Waals surface area contributed by atoms with Crippen LogP contribution < -0.4 is 5.46 Å². The molecule has 0 radical (unpaired) electrons. The van der Waals surface area contributed by atoms with Crippen molar-refractivity contribution >= 4 is 13.3 Å². The second kappa shape index (κ2) is 6.74. The van der Waals surface area contributed by atoms with Crippen LogP contribution in [0, 0.1) is 0 Å². The predicted octanol–water partition coefficient (Wildman–Crippen LogP) is 3.74. The summed E-state index contributed by atoms with van der Waals surface area (Å²) < 4.78 is 0. The van der Waals surface area contributed by atoms with E-state index in [1.165, 1.54) is 5.46 Å². The van der Waals surface area contributed by atoms with Crippen LogP contribution in [0.5, 0.6) is 0 Å². The fourth-order valence-electron chi connectivity index (χ4n) is 2.79. The van der Waals surface area contributed by atoms with E-state index < -0.39 is 0 Å². The number of nitrogens with zero attached hydrogens (tertiary/aromatic N) is 2. The third-order valence-electron chi connectivity index (χ3n) is 4.18. The minimum Gasteiger partial charge on any atom is -0.228 e. The molecular weight excluding hydrogens is 303 g/mol. The van der Waals surface area contributed by atoms with Gasteiger partial charge in [-0.15, -0.1) is 0 Å². The number of rotatable bonds is 3. The molecule has 0 saturated heterocycles. The van der Waals surface area contributed by atoms with Gasteiger partial charge in [-0.2, -0.15) is 0 Å². The van der Waals surface area contributed by atoms with Gasteiger partial charge in [0, 0.05) is 16.7 Å². The second-order valence-corrected chi connectivity index (χ2v) is 6.06. The van der Waals surface area contributed by atoms with E-state index in [-0.39, 0.29) is 0 Å². The summed E-state index contributed by atoms with van der Waals surface area (Å²) in [6.07, 6.45) is 0. The normalized spacial score (nSPS) is 10.6. The van der Waals surface area contributed by atoms with Gasteiger partial charge in [0.2, 0.25) is 0 Å². The summed E-state index contributed by atoms with van der Waals surface area (Å²) >= 11 is 0. The molecule has 0 aliphatic rings. The first-order chi connectivity index (χ1) is 12.3. The molecule has 0 unspecified atom stereocenters. The van der Waals surface area contributed by atoms with Gasteiger partial charge in [0.1, 0.15) is 7.85 Å². The molecule has 0 amide bonds. The first-order valence-electron chi connectivity index (χ1n) is 8.36. The summed E-state index contributed by atoms with van der Waals surface area (Å²) in [6, 6.07) is 30.9. The molecule has 0 bridgehead atoms. The van der Waals surface area contributed by atoms with Crippen LogP contribution in [0.15, 0.2) is 91.0 Å². The summed E-state index contributed by atoms with van der Waals surface area (Å²) in [6.45, 7) is 0. The lowest BCUT2D eigenvalue weighted by molar-refractivity contribution is 1.18. The largest absolute Gasteiger partial charge is 0.228 e. The van der Waals surface area contributed by atoms with E-state index in [9.17, 15) is 0 Å². The molecule has 3 heteroatoms. The van der Waals surface area contributed by atoms with Crippen LogP contribution in [0.2, 0.25) is 0 Å². The Morgan fingerprint density at radius 3 is 1.56 bits per heavy atom. The van der Waals surface area contributed by atoms with Gasteiger partial charge in [-0.25, -0.2) is 9.97 Å². The molecule has 0 spiro atoms. The van der Waals surface area contributed by atoms with E-state index in [0.717, 1.165) is 33.9 Å². The van der Waals surface area contributed by atoms with Gasteiger partial charge in [-0.05, 0) is 6.07 Å². The molecule has 1 heterocycles. The third-order valence-corrected chi connectivity index (χ3v) is 4.18. The molecule has 2 nitrogen and oxygen atoms in total. The molecule has 3 aromatic carbocycles. The molecule has 25 heavy (non-hydrogen) atoms. The van der Waals surface area contributed by atoms with E-state index >= 15 is 0 Å². The summed E-state index contributed by atoms with van der Waals surface area (Å²) in [5, 5.41) is 0. The highest BCUT2D eigenvalue weighted by Crippen LogP contribution is 2.26. The molecule has 118 valence electrons. The maximum absolute atomic E-state index is 4.82. The van der Waals surface area contributed by atoms with E-state index in [1.807, 2.05) is 48.5 Å². The number of aromatic nitrogens is 2. The minimum absolute atomic E-state index is 0.748. The standard InChI is InChI=1S/C22H17BN2/c23-19-13-11-17(12-14-19)21-15-20(16-7-3-1-4-8-16)24-22(25-21)18-9-5-2-6-10-18/h1-15H,23H2. The van der Waals surface area contributed by atoms with Crippen molar-refractivity contribution in [3.8, 4) is 33.9 Å². The Bertz CT molecular complexity index is 924. The van der Waals surface area contributed by atoms with E-state index in [1.54, 1.807) is 0 Å². The highest BCUT2D eigenvalue weighted by atomic mass is 14.9. The van der Waals surface area contributed by atoms with Crippen molar-refractivity contribution in [3.05, 3.63) is 91.0 Å². The van der Waals surface area contributed by atoms with E-state index in [4.69, 9.17) is 9.97 Å². The number of hydrogen-bond acceptors (Lipinski definition) is 2. The molecule has 0 N–H and O–H groups in total. The fourth-order valence-corrected chi connectivity index (χ4v) is 2.79. The van der Waals surface area contributed by atoms with Crippen LogP contribution in [-0.4, -0.2) is 17.8 Å². The molecule has 0 atom stereocenters. The molecule has 0 fully saturated rings. The lowest BCUT2D eigenvalue weighted by atomic mass is 9.94. The van der Waals surface area contributed by atoms with E-state index in [2.05, 4.69) is 50.3 Å².